The van der Waals surface area contributed by atoms with Crippen LogP contribution in [0.25, 0.3) is 21.9 Å². The minimum Gasteiger partial charge on any atom is -0.365 e. The summed E-state index contributed by atoms with van der Waals surface area (Å²) in [6.45, 7) is 3.41. The second-order valence-electron chi connectivity index (χ2n) is 5.76. The zero-order valence-electron chi connectivity index (χ0n) is 14.0. The van der Waals surface area contributed by atoms with Crippen LogP contribution in [0, 0.1) is 10.6 Å². The maximum Gasteiger partial charge on any atom is 0.178 e. The summed E-state index contributed by atoms with van der Waals surface area (Å²) in [5.41, 5.74) is 3.81. The first-order valence-electron chi connectivity index (χ1n) is 8.01. The smallest absolute Gasteiger partial charge is 0.178 e. The first-order valence-corrected chi connectivity index (χ1v) is 8.42. The van der Waals surface area contributed by atoms with E-state index in [2.05, 4.69) is 27.2 Å². The Kier molecular flexibility index (Phi) is 5.20. The number of aryl methyl sites for hydroxylation is 1. The van der Waals surface area contributed by atoms with Crippen LogP contribution in [0.1, 0.15) is 12.5 Å². The molecule has 0 fully saturated rings. The first kappa shape index (κ1) is 18.3. The van der Waals surface area contributed by atoms with Gasteiger partial charge in [-0.1, -0.05) is 12.1 Å². The minimum absolute atomic E-state index is 0. The molecule has 5 nitrogen and oxygen atoms in total. The SMILES string of the molecule is CCn1c(=S)[nH]c2cc3c(NCc4ccc(F)cc4)ncnc3cc21.Cl. The Labute approximate surface area is 160 Å². The molecule has 134 valence electrons. The van der Waals surface area contributed by atoms with Crippen LogP contribution in [-0.2, 0) is 13.1 Å². The third-order valence-corrected chi connectivity index (χ3v) is 4.54. The molecule has 0 atom stereocenters. The average molecular weight is 390 g/mol. The minimum atomic E-state index is -0.241. The fourth-order valence-electron chi connectivity index (χ4n) is 2.95. The van der Waals surface area contributed by atoms with E-state index < -0.39 is 0 Å². The maximum atomic E-state index is 13.0. The van der Waals surface area contributed by atoms with Gasteiger partial charge in [-0.3, -0.25) is 0 Å². The van der Waals surface area contributed by atoms with Gasteiger partial charge in [-0.05, 0) is 49.0 Å². The zero-order valence-corrected chi connectivity index (χ0v) is 15.6. The normalized spacial score (nSPS) is 10.8. The number of hydrogen-bond acceptors (Lipinski definition) is 4. The van der Waals surface area contributed by atoms with Crippen molar-refractivity contribution in [3.63, 3.8) is 0 Å². The first-order chi connectivity index (χ1) is 12.2. The Morgan fingerprint density at radius 2 is 1.96 bits per heavy atom. The van der Waals surface area contributed by atoms with E-state index in [0.717, 1.165) is 39.9 Å². The molecule has 2 aromatic heterocycles. The Hall–Kier alpha value is -2.51. The van der Waals surface area contributed by atoms with Crippen molar-refractivity contribution in [2.24, 2.45) is 0 Å². The molecule has 0 aliphatic carbocycles. The van der Waals surface area contributed by atoms with Gasteiger partial charge in [0.2, 0.25) is 0 Å². The van der Waals surface area contributed by atoms with Gasteiger partial charge >= 0.3 is 0 Å². The molecule has 0 aliphatic heterocycles. The molecule has 0 saturated carbocycles. The Bertz CT molecular complexity index is 1120. The number of benzene rings is 2. The lowest BCUT2D eigenvalue weighted by Gasteiger charge is -2.09. The number of nitrogens with one attached hydrogen (secondary N) is 2. The van der Waals surface area contributed by atoms with Gasteiger partial charge in [-0.25, -0.2) is 14.4 Å². The summed E-state index contributed by atoms with van der Waals surface area (Å²) in [5, 5.41) is 4.22. The molecule has 2 N–H and O–H groups in total. The van der Waals surface area contributed by atoms with Crippen molar-refractivity contribution in [1.29, 1.82) is 0 Å². The van der Waals surface area contributed by atoms with E-state index >= 15 is 0 Å². The standard InChI is InChI=1S/C18H16FN5S.ClH/c1-2-24-16-8-14-13(7-15(16)23-18(24)25)17(22-10-21-14)20-9-11-3-5-12(19)6-4-11;/h3-8,10H,2,9H2,1H3,(H,23,25)(H,20,21,22);1H. The van der Waals surface area contributed by atoms with Crippen LogP contribution in [0.2, 0.25) is 0 Å². The fraction of sp³-hybridized carbons (Fsp3) is 0.167. The number of imidazole rings is 1. The largest absolute Gasteiger partial charge is 0.365 e. The molecule has 0 aliphatic rings. The van der Waals surface area contributed by atoms with E-state index in [1.165, 1.54) is 12.1 Å². The molecule has 0 unspecified atom stereocenters. The number of halogens is 2. The molecule has 4 aromatic rings. The van der Waals surface area contributed by atoms with Gasteiger partial charge in [0.15, 0.2) is 4.77 Å². The van der Waals surface area contributed by atoms with Crippen LogP contribution in [0.3, 0.4) is 0 Å². The summed E-state index contributed by atoms with van der Waals surface area (Å²) in [7, 11) is 0. The molecular weight excluding hydrogens is 373 g/mol. The molecule has 8 heteroatoms. The molecule has 2 heterocycles. The second kappa shape index (κ2) is 7.39. The molecule has 0 amide bonds. The fourth-order valence-corrected chi connectivity index (χ4v) is 3.29. The summed E-state index contributed by atoms with van der Waals surface area (Å²) >= 11 is 5.37. The predicted molar refractivity (Wildman–Crippen MR) is 107 cm³/mol. The van der Waals surface area contributed by atoms with E-state index in [4.69, 9.17) is 12.2 Å². The Morgan fingerprint density at radius 1 is 1.19 bits per heavy atom. The lowest BCUT2D eigenvalue weighted by Crippen LogP contribution is -2.02. The van der Waals surface area contributed by atoms with Crippen LogP contribution in [0.5, 0.6) is 0 Å². The van der Waals surface area contributed by atoms with Crippen molar-refractivity contribution in [2.75, 3.05) is 5.32 Å². The number of H-pyrrole nitrogens is 1. The van der Waals surface area contributed by atoms with Crippen molar-refractivity contribution in [3.05, 3.63) is 58.9 Å². The van der Waals surface area contributed by atoms with Crippen molar-refractivity contribution in [1.82, 2.24) is 19.5 Å². The Morgan fingerprint density at radius 3 is 2.69 bits per heavy atom. The number of rotatable bonds is 4. The predicted octanol–water partition coefficient (Wildman–Crippen LogP) is 4.83. The summed E-state index contributed by atoms with van der Waals surface area (Å²) in [4.78, 5) is 12.0. The number of anilines is 1. The van der Waals surface area contributed by atoms with Crippen molar-refractivity contribution in [2.45, 2.75) is 20.0 Å². The van der Waals surface area contributed by atoms with Gasteiger partial charge in [0.25, 0.3) is 0 Å². The van der Waals surface area contributed by atoms with Gasteiger partial charge in [0.05, 0.1) is 16.6 Å². The molecule has 0 saturated heterocycles. The second-order valence-corrected chi connectivity index (χ2v) is 6.15. The highest BCUT2D eigenvalue weighted by molar-refractivity contribution is 7.71. The quantitative estimate of drug-likeness (QED) is 0.490. The third kappa shape index (κ3) is 3.27. The van der Waals surface area contributed by atoms with Crippen molar-refractivity contribution < 1.29 is 4.39 Å². The lowest BCUT2D eigenvalue weighted by molar-refractivity contribution is 0.627. The molecular formula is C18H17ClFN5S. The topological polar surface area (TPSA) is 58.5 Å². The summed E-state index contributed by atoms with van der Waals surface area (Å²) in [6.07, 6.45) is 1.54. The zero-order chi connectivity index (χ0) is 17.4. The molecule has 0 spiro atoms. The van der Waals surface area contributed by atoms with Gasteiger partial charge in [0, 0.05) is 18.5 Å². The highest BCUT2D eigenvalue weighted by Gasteiger charge is 2.09. The van der Waals surface area contributed by atoms with E-state index in [1.54, 1.807) is 18.5 Å². The van der Waals surface area contributed by atoms with E-state index in [1.807, 2.05) is 16.7 Å². The number of nitrogens with zero attached hydrogens (tertiary/aromatic N) is 3. The summed E-state index contributed by atoms with van der Waals surface area (Å²) < 4.78 is 15.8. The van der Waals surface area contributed by atoms with Crippen LogP contribution in [0.15, 0.2) is 42.7 Å². The van der Waals surface area contributed by atoms with Crippen LogP contribution < -0.4 is 5.32 Å². The molecule has 0 bridgehead atoms. The molecule has 2 aromatic carbocycles. The maximum absolute atomic E-state index is 13.0. The van der Waals surface area contributed by atoms with Crippen LogP contribution in [-0.4, -0.2) is 19.5 Å². The van der Waals surface area contributed by atoms with Gasteiger partial charge in [0.1, 0.15) is 18.0 Å². The van der Waals surface area contributed by atoms with E-state index in [-0.39, 0.29) is 18.2 Å². The number of aromatic amines is 1. The van der Waals surface area contributed by atoms with Gasteiger partial charge in [-0.15, -0.1) is 12.4 Å². The monoisotopic (exact) mass is 389 g/mol. The summed E-state index contributed by atoms with van der Waals surface area (Å²) in [5.74, 6) is 0.495. The van der Waals surface area contributed by atoms with Crippen molar-refractivity contribution in [3.8, 4) is 0 Å². The highest BCUT2D eigenvalue weighted by atomic mass is 35.5. The van der Waals surface area contributed by atoms with Crippen LogP contribution >= 0.6 is 24.6 Å². The number of fused-ring (bicyclic) bond motifs is 2. The van der Waals surface area contributed by atoms with E-state index in [0.29, 0.717) is 11.3 Å². The van der Waals surface area contributed by atoms with Crippen LogP contribution in [0.4, 0.5) is 10.2 Å². The number of hydrogen-bond donors (Lipinski definition) is 2. The summed E-state index contributed by atoms with van der Waals surface area (Å²) in [6, 6.07) is 10.4. The third-order valence-electron chi connectivity index (χ3n) is 4.22. The van der Waals surface area contributed by atoms with Crippen molar-refractivity contribution >= 4 is 52.4 Å². The molecule has 26 heavy (non-hydrogen) atoms. The Balaban J connectivity index is 0.00000196. The molecule has 0 radical (unpaired) electrons. The van der Waals surface area contributed by atoms with Gasteiger partial charge < -0.3 is 14.9 Å². The number of aromatic nitrogens is 4. The van der Waals surface area contributed by atoms with E-state index in [9.17, 15) is 4.39 Å². The van der Waals surface area contributed by atoms with Gasteiger partial charge in [-0.2, -0.15) is 0 Å². The highest BCUT2D eigenvalue weighted by Crippen LogP contribution is 2.26. The lowest BCUT2D eigenvalue weighted by atomic mass is 10.2. The molecule has 4 rings (SSSR count). The average Bonchev–Trinajstić information content (AvgIpc) is 2.93.